The molecule has 0 aliphatic carbocycles. The van der Waals surface area contributed by atoms with Gasteiger partial charge in [0, 0.05) is 24.6 Å². The third-order valence-electron chi connectivity index (χ3n) is 4.62. The van der Waals surface area contributed by atoms with Gasteiger partial charge in [0.05, 0.1) is 19.8 Å². The molecule has 1 heterocycles. The zero-order chi connectivity index (χ0) is 16.8. The molecule has 0 bridgehead atoms. The van der Waals surface area contributed by atoms with E-state index in [-0.39, 0.29) is 12.5 Å². The zero-order valence-corrected chi connectivity index (χ0v) is 14.1. The number of hydrogen-bond donors (Lipinski definition) is 2. The van der Waals surface area contributed by atoms with Crippen molar-refractivity contribution in [3.05, 3.63) is 65.7 Å². The Kier molecular flexibility index (Phi) is 5.51. The lowest BCUT2D eigenvalue weighted by Gasteiger charge is -2.44. The molecule has 2 aromatic rings. The Morgan fingerprint density at radius 1 is 1.17 bits per heavy atom. The fraction of sp³-hybridized carbons (Fsp3) is 0.400. The Labute approximate surface area is 143 Å². The van der Waals surface area contributed by atoms with E-state index in [0.717, 1.165) is 23.4 Å². The van der Waals surface area contributed by atoms with Gasteiger partial charge < -0.3 is 19.9 Å². The molecule has 0 saturated carbocycles. The van der Waals surface area contributed by atoms with Crippen molar-refractivity contribution < 1.29 is 14.6 Å². The highest BCUT2D eigenvalue weighted by Crippen LogP contribution is 2.44. The Morgan fingerprint density at radius 3 is 2.58 bits per heavy atom. The summed E-state index contributed by atoms with van der Waals surface area (Å²) in [6.45, 7) is 4.62. The highest BCUT2D eigenvalue weighted by atomic mass is 16.5. The highest BCUT2D eigenvalue weighted by Gasteiger charge is 2.45. The molecular formula is C20H25NO3. The van der Waals surface area contributed by atoms with Crippen LogP contribution in [0.5, 0.6) is 5.75 Å². The number of hydrogen-bond acceptors (Lipinski definition) is 4. The van der Waals surface area contributed by atoms with Gasteiger partial charge in [0.2, 0.25) is 0 Å². The molecule has 1 fully saturated rings. The molecule has 0 radical (unpaired) electrons. The summed E-state index contributed by atoms with van der Waals surface area (Å²) in [7, 11) is 0. The minimum atomic E-state index is -0.653. The lowest BCUT2D eigenvalue weighted by molar-refractivity contribution is -0.100. The maximum Gasteiger partial charge on any atom is 0.125 e. The highest BCUT2D eigenvalue weighted by molar-refractivity contribution is 5.42. The van der Waals surface area contributed by atoms with Crippen molar-refractivity contribution in [2.45, 2.75) is 18.4 Å². The molecule has 1 aliphatic rings. The van der Waals surface area contributed by atoms with Gasteiger partial charge in [-0.05, 0) is 18.6 Å². The van der Waals surface area contributed by atoms with E-state index in [9.17, 15) is 5.11 Å². The van der Waals surface area contributed by atoms with Crippen molar-refractivity contribution in [3.8, 4) is 5.75 Å². The molecule has 24 heavy (non-hydrogen) atoms. The monoisotopic (exact) mass is 327 g/mol. The number of para-hydroxylation sites is 1. The van der Waals surface area contributed by atoms with E-state index in [4.69, 9.17) is 9.47 Å². The quantitative estimate of drug-likeness (QED) is 0.856. The van der Waals surface area contributed by atoms with Crippen molar-refractivity contribution >= 4 is 0 Å². The third-order valence-corrected chi connectivity index (χ3v) is 4.62. The van der Waals surface area contributed by atoms with Crippen LogP contribution in [-0.2, 0) is 10.3 Å². The second-order valence-corrected chi connectivity index (χ2v) is 5.99. The minimum absolute atomic E-state index is 0.00610. The summed E-state index contributed by atoms with van der Waals surface area (Å²) in [4.78, 5) is 0. The number of aliphatic hydroxyl groups is 1. The van der Waals surface area contributed by atoms with Gasteiger partial charge in [-0.15, -0.1) is 0 Å². The molecule has 0 aromatic heterocycles. The topological polar surface area (TPSA) is 50.7 Å². The van der Waals surface area contributed by atoms with Crippen LogP contribution in [0.2, 0.25) is 0 Å². The van der Waals surface area contributed by atoms with Gasteiger partial charge in [-0.25, -0.2) is 0 Å². The van der Waals surface area contributed by atoms with Crippen LogP contribution in [0.15, 0.2) is 54.6 Å². The molecule has 0 spiro atoms. The molecule has 4 heteroatoms. The van der Waals surface area contributed by atoms with Crippen LogP contribution in [0.4, 0.5) is 0 Å². The van der Waals surface area contributed by atoms with Crippen molar-refractivity contribution in [2.75, 3.05) is 32.9 Å². The van der Waals surface area contributed by atoms with Crippen LogP contribution >= 0.6 is 0 Å². The lowest BCUT2D eigenvalue weighted by atomic mass is 9.76. The number of morpholine rings is 1. The number of aliphatic hydroxyl groups excluding tert-OH is 1. The molecule has 2 aromatic carbocycles. The van der Waals surface area contributed by atoms with Gasteiger partial charge in [0.25, 0.3) is 0 Å². The number of ether oxygens (including phenoxy) is 2. The second kappa shape index (κ2) is 7.79. The molecule has 2 atom stereocenters. The van der Waals surface area contributed by atoms with Crippen molar-refractivity contribution in [1.82, 2.24) is 5.32 Å². The fourth-order valence-corrected chi connectivity index (χ4v) is 3.52. The summed E-state index contributed by atoms with van der Waals surface area (Å²) < 4.78 is 12.2. The molecule has 0 amide bonds. The summed E-state index contributed by atoms with van der Waals surface area (Å²) in [6.07, 6.45) is 0. The van der Waals surface area contributed by atoms with E-state index in [0.29, 0.717) is 19.8 Å². The van der Waals surface area contributed by atoms with Crippen LogP contribution in [0.1, 0.15) is 24.0 Å². The van der Waals surface area contributed by atoms with Crippen molar-refractivity contribution in [3.63, 3.8) is 0 Å². The van der Waals surface area contributed by atoms with E-state index >= 15 is 0 Å². The molecule has 1 aliphatic heterocycles. The Hall–Kier alpha value is -1.88. The second-order valence-electron chi connectivity index (χ2n) is 5.99. The van der Waals surface area contributed by atoms with Crippen LogP contribution in [0.25, 0.3) is 0 Å². The summed E-state index contributed by atoms with van der Waals surface area (Å²) in [5, 5.41) is 13.7. The van der Waals surface area contributed by atoms with Gasteiger partial charge >= 0.3 is 0 Å². The fourth-order valence-electron chi connectivity index (χ4n) is 3.52. The maximum atomic E-state index is 10.2. The average Bonchev–Trinajstić information content (AvgIpc) is 2.65. The first kappa shape index (κ1) is 17.0. The number of rotatable bonds is 6. The Balaban J connectivity index is 2.11. The molecule has 4 nitrogen and oxygen atoms in total. The van der Waals surface area contributed by atoms with Crippen molar-refractivity contribution in [2.24, 2.45) is 0 Å². The maximum absolute atomic E-state index is 10.2. The summed E-state index contributed by atoms with van der Waals surface area (Å²) >= 11 is 0. The van der Waals surface area contributed by atoms with E-state index in [1.165, 1.54) is 0 Å². The predicted molar refractivity (Wildman–Crippen MR) is 94.4 cm³/mol. The molecule has 1 saturated heterocycles. The first-order chi connectivity index (χ1) is 11.8. The predicted octanol–water partition coefficient (Wildman–Crippen LogP) is 2.68. The number of benzene rings is 2. The van der Waals surface area contributed by atoms with Crippen molar-refractivity contribution in [1.29, 1.82) is 0 Å². The van der Waals surface area contributed by atoms with E-state index in [2.05, 4.69) is 5.32 Å². The Morgan fingerprint density at radius 2 is 1.92 bits per heavy atom. The van der Waals surface area contributed by atoms with Gasteiger partial charge in [0.15, 0.2) is 0 Å². The van der Waals surface area contributed by atoms with Gasteiger partial charge in [-0.1, -0.05) is 48.5 Å². The zero-order valence-electron chi connectivity index (χ0n) is 14.1. The van der Waals surface area contributed by atoms with Gasteiger partial charge in [-0.2, -0.15) is 0 Å². The SMILES string of the molecule is CCOc1ccccc1C1(C(CO)c2ccccc2)CNCCO1. The first-order valence-electron chi connectivity index (χ1n) is 8.54. The van der Waals surface area contributed by atoms with Gasteiger partial charge in [0.1, 0.15) is 11.4 Å². The molecule has 3 rings (SSSR count). The molecular weight excluding hydrogens is 302 g/mol. The number of nitrogens with one attached hydrogen (secondary N) is 1. The van der Waals surface area contributed by atoms with Crippen LogP contribution in [0.3, 0.4) is 0 Å². The normalized spacial score (nSPS) is 22.1. The van der Waals surface area contributed by atoms with E-state index in [1.54, 1.807) is 0 Å². The van der Waals surface area contributed by atoms with Crippen LogP contribution in [-0.4, -0.2) is 38.0 Å². The first-order valence-corrected chi connectivity index (χ1v) is 8.54. The van der Waals surface area contributed by atoms with Crippen LogP contribution < -0.4 is 10.1 Å². The largest absolute Gasteiger partial charge is 0.493 e. The summed E-state index contributed by atoms with van der Waals surface area (Å²) in [5.41, 5.74) is 1.40. The summed E-state index contributed by atoms with van der Waals surface area (Å²) in [6, 6.07) is 18.0. The minimum Gasteiger partial charge on any atom is -0.493 e. The van der Waals surface area contributed by atoms with Gasteiger partial charge in [-0.3, -0.25) is 0 Å². The molecule has 2 unspecified atom stereocenters. The van der Waals surface area contributed by atoms with E-state index in [1.807, 2.05) is 61.5 Å². The standard InChI is InChI=1S/C20H25NO3/c1-2-23-19-11-7-6-10-17(19)20(15-21-12-13-24-20)18(14-22)16-8-4-3-5-9-16/h3-11,18,21-22H,2,12-15H2,1H3. The van der Waals surface area contributed by atoms with E-state index < -0.39 is 5.60 Å². The van der Waals surface area contributed by atoms with Crippen LogP contribution in [0, 0.1) is 0 Å². The molecule has 128 valence electrons. The molecule has 2 N–H and O–H groups in total. The Bertz CT molecular complexity index is 638. The summed E-state index contributed by atoms with van der Waals surface area (Å²) in [5.74, 6) is 0.645. The lowest BCUT2D eigenvalue weighted by Crippen LogP contribution is -2.52. The smallest absolute Gasteiger partial charge is 0.125 e. The third kappa shape index (κ3) is 3.18. The average molecular weight is 327 g/mol.